The molecule has 0 fully saturated rings. The number of allylic oxidation sites excluding steroid dienone is 4. The van der Waals surface area contributed by atoms with Gasteiger partial charge in [0.1, 0.15) is 0 Å². The Balaban J connectivity index is 2.58. The SMILES string of the molecule is CC(C)=CCC/C(C)=C\[C@@H]1C(=O)C(C)=C[C@H]1O. The Morgan fingerprint density at radius 2 is 2.06 bits per heavy atom. The minimum Gasteiger partial charge on any atom is -0.388 e. The van der Waals surface area contributed by atoms with E-state index in [1.165, 1.54) is 11.1 Å². The normalized spacial score (nSPS) is 24.9. The molecule has 0 heterocycles. The van der Waals surface area contributed by atoms with Crippen molar-refractivity contribution in [3.8, 4) is 0 Å². The van der Waals surface area contributed by atoms with Crippen molar-refractivity contribution in [3.63, 3.8) is 0 Å². The number of hydrogen-bond donors (Lipinski definition) is 1. The molecule has 0 aromatic rings. The van der Waals surface area contributed by atoms with Crippen molar-refractivity contribution in [2.45, 2.75) is 46.6 Å². The Kier molecular flexibility index (Phi) is 4.88. The lowest BCUT2D eigenvalue weighted by molar-refractivity contribution is -0.118. The minimum atomic E-state index is -0.638. The highest BCUT2D eigenvalue weighted by molar-refractivity contribution is 6.01. The summed E-state index contributed by atoms with van der Waals surface area (Å²) >= 11 is 0. The average molecular weight is 234 g/mol. The molecule has 0 unspecified atom stereocenters. The third-order valence-electron chi connectivity index (χ3n) is 3.04. The molecule has 0 amide bonds. The van der Waals surface area contributed by atoms with Gasteiger partial charge in [-0.3, -0.25) is 4.79 Å². The van der Waals surface area contributed by atoms with Crippen molar-refractivity contribution in [1.29, 1.82) is 0 Å². The van der Waals surface area contributed by atoms with E-state index in [0.717, 1.165) is 12.8 Å². The van der Waals surface area contributed by atoms with Crippen LogP contribution in [0.5, 0.6) is 0 Å². The number of ketones is 1. The van der Waals surface area contributed by atoms with Crippen LogP contribution >= 0.6 is 0 Å². The maximum absolute atomic E-state index is 11.7. The second kappa shape index (κ2) is 5.97. The van der Waals surface area contributed by atoms with E-state index in [9.17, 15) is 9.90 Å². The van der Waals surface area contributed by atoms with Gasteiger partial charge in [0.15, 0.2) is 5.78 Å². The highest BCUT2D eigenvalue weighted by Gasteiger charge is 2.30. The fourth-order valence-corrected chi connectivity index (χ4v) is 2.01. The minimum absolute atomic E-state index is 0.0547. The standard InChI is InChI=1S/C15H22O2/c1-10(2)6-5-7-11(3)8-13-14(16)9-12(4)15(13)17/h6,8-9,13-14,16H,5,7H2,1-4H3/b11-8-/t13-,14+/m0/s1. The lowest BCUT2D eigenvalue weighted by Crippen LogP contribution is -2.18. The van der Waals surface area contributed by atoms with E-state index in [4.69, 9.17) is 0 Å². The van der Waals surface area contributed by atoms with Crippen LogP contribution in [0.1, 0.15) is 40.5 Å². The van der Waals surface area contributed by atoms with E-state index in [1.54, 1.807) is 13.0 Å². The van der Waals surface area contributed by atoms with Crippen molar-refractivity contribution >= 4 is 5.78 Å². The fourth-order valence-electron chi connectivity index (χ4n) is 2.01. The van der Waals surface area contributed by atoms with Crippen LogP contribution in [0.2, 0.25) is 0 Å². The van der Waals surface area contributed by atoms with Gasteiger partial charge < -0.3 is 5.11 Å². The van der Waals surface area contributed by atoms with E-state index in [2.05, 4.69) is 19.9 Å². The molecule has 0 aromatic carbocycles. The monoisotopic (exact) mass is 234 g/mol. The lowest BCUT2D eigenvalue weighted by atomic mass is 9.97. The average Bonchev–Trinajstić information content (AvgIpc) is 2.44. The first-order chi connectivity index (χ1) is 7.91. The Hall–Kier alpha value is -1.15. The van der Waals surface area contributed by atoms with Crippen LogP contribution in [0.15, 0.2) is 34.9 Å². The Morgan fingerprint density at radius 3 is 2.53 bits per heavy atom. The molecule has 0 bridgehead atoms. The summed E-state index contributed by atoms with van der Waals surface area (Å²) in [5, 5.41) is 9.74. The summed E-state index contributed by atoms with van der Waals surface area (Å²) in [5.41, 5.74) is 3.16. The van der Waals surface area contributed by atoms with Gasteiger partial charge in [0.25, 0.3) is 0 Å². The first-order valence-electron chi connectivity index (χ1n) is 6.13. The summed E-state index contributed by atoms with van der Waals surface area (Å²) in [5.74, 6) is -0.305. The smallest absolute Gasteiger partial charge is 0.168 e. The van der Waals surface area contributed by atoms with E-state index >= 15 is 0 Å². The topological polar surface area (TPSA) is 37.3 Å². The van der Waals surface area contributed by atoms with Crippen molar-refractivity contribution < 1.29 is 9.90 Å². The Labute approximate surface area is 104 Å². The van der Waals surface area contributed by atoms with Gasteiger partial charge in [-0.1, -0.05) is 23.3 Å². The maximum Gasteiger partial charge on any atom is 0.168 e. The molecule has 0 saturated carbocycles. The molecule has 0 radical (unpaired) electrons. The van der Waals surface area contributed by atoms with Crippen LogP contribution in [0, 0.1) is 5.92 Å². The number of hydrogen-bond acceptors (Lipinski definition) is 2. The first-order valence-corrected chi connectivity index (χ1v) is 6.13. The zero-order valence-electron chi connectivity index (χ0n) is 11.2. The quantitative estimate of drug-likeness (QED) is 0.758. The van der Waals surface area contributed by atoms with Gasteiger partial charge in [0, 0.05) is 0 Å². The molecule has 0 aliphatic heterocycles. The van der Waals surface area contributed by atoms with Gasteiger partial charge in [-0.2, -0.15) is 0 Å². The van der Waals surface area contributed by atoms with Crippen LogP contribution in [0.3, 0.4) is 0 Å². The van der Waals surface area contributed by atoms with Gasteiger partial charge in [0.05, 0.1) is 12.0 Å². The van der Waals surface area contributed by atoms with Crippen molar-refractivity contribution in [2.75, 3.05) is 0 Å². The second-order valence-corrected chi connectivity index (χ2v) is 5.06. The van der Waals surface area contributed by atoms with E-state index in [1.807, 2.05) is 13.0 Å². The Morgan fingerprint density at radius 1 is 1.41 bits per heavy atom. The Bertz CT molecular complexity index is 382. The molecule has 1 N–H and O–H groups in total. The van der Waals surface area contributed by atoms with E-state index in [-0.39, 0.29) is 11.7 Å². The maximum atomic E-state index is 11.7. The van der Waals surface area contributed by atoms with E-state index in [0.29, 0.717) is 5.57 Å². The molecule has 1 aliphatic rings. The van der Waals surface area contributed by atoms with Crippen LogP contribution in [-0.4, -0.2) is 17.0 Å². The molecule has 17 heavy (non-hydrogen) atoms. The molecule has 2 heteroatoms. The summed E-state index contributed by atoms with van der Waals surface area (Å²) in [6, 6.07) is 0. The molecule has 0 spiro atoms. The molecule has 1 aliphatic carbocycles. The van der Waals surface area contributed by atoms with Gasteiger partial charge >= 0.3 is 0 Å². The lowest BCUT2D eigenvalue weighted by Gasteiger charge is -2.10. The number of Topliss-reactive ketones (excluding diaryl/α,β-unsaturated/α-hetero) is 1. The summed E-state index contributed by atoms with van der Waals surface area (Å²) in [6.07, 6.45) is 7.05. The highest BCUT2D eigenvalue weighted by atomic mass is 16.3. The number of carbonyl (C=O) groups is 1. The first kappa shape index (κ1) is 13.9. The number of rotatable bonds is 4. The van der Waals surface area contributed by atoms with Crippen LogP contribution in [0.4, 0.5) is 0 Å². The van der Waals surface area contributed by atoms with Gasteiger partial charge in [-0.05, 0) is 52.2 Å². The zero-order valence-corrected chi connectivity index (χ0v) is 11.2. The van der Waals surface area contributed by atoms with Crippen molar-refractivity contribution in [1.82, 2.24) is 0 Å². The fraction of sp³-hybridized carbons (Fsp3) is 0.533. The van der Waals surface area contributed by atoms with Crippen LogP contribution in [0.25, 0.3) is 0 Å². The molecule has 1 rings (SSSR count). The summed E-state index contributed by atoms with van der Waals surface area (Å²) < 4.78 is 0. The molecular formula is C15H22O2. The molecule has 2 nitrogen and oxygen atoms in total. The van der Waals surface area contributed by atoms with Crippen molar-refractivity contribution in [2.24, 2.45) is 5.92 Å². The third-order valence-corrected chi connectivity index (χ3v) is 3.04. The van der Waals surface area contributed by atoms with Gasteiger partial charge in [0.2, 0.25) is 0 Å². The highest BCUT2D eigenvalue weighted by Crippen LogP contribution is 2.24. The zero-order chi connectivity index (χ0) is 13.0. The molecule has 94 valence electrons. The number of carbonyl (C=O) groups excluding carboxylic acids is 1. The number of aliphatic hydroxyl groups excluding tert-OH is 1. The van der Waals surface area contributed by atoms with Crippen LogP contribution in [-0.2, 0) is 4.79 Å². The largest absolute Gasteiger partial charge is 0.388 e. The summed E-state index contributed by atoms with van der Waals surface area (Å²) in [6.45, 7) is 7.94. The number of aliphatic hydroxyl groups is 1. The second-order valence-electron chi connectivity index (χ2n) is 5.06. The molecular weight excluding hydrogens is 212 g/mol. The third kappa shape index (κ3) is 3.97. The van der Waals surface area contributed by atoms with Crippen LogP contribution < -0.4 is 0 Å². The predicted octanol–water partition coefficient (Wildman–Crippen LogP) is 3.19. The van der Waals surface area contributed by atoms with Gasteiger partial charge in [-0.15, -0.1) is 0 Å². The summed E-state index contributed by atoms with van der Waals surface area (Å²) in [4.78, 5) is 11.7. The molecule has 0 aromatic heterocycles. The molecule has 0 saturated heterocycles. The van der Waals surface area contributed by atoms with Gasteiger partial charge in [-0.25, -0.2) is 0 Å². The van der Waals surface area contributed by atoms with Crippen molar-refractivity contribution in [3.05, 3.63) is 34.9 Å². The summed E-state index contributed by atoms with van der Waals surface area (Å²) in [7, 11) is 0. The molecule has 2 atom stereocenters. The predicted molar refractivity (Wildman–Crippen MR) is 70.7 cm³/mol. The van der Waals surface area contributed by atoms with E-state index < -0.39 is 6.10 Å².